The smallest absolute Gasteiger partial charge is 0.264 e. The van der Waals surface area contributed by atoms with Crippen LogP contribution in [0.2, 0.25) is 0 Å². The van der Waals surface area contributed by atoms with Crippen molar-refractivity contribution in [2.24, 2.45) is 5.92 Å². The molecule has 0 radical (unpaired) electrons. The van der Waals surface area contributed by atoms with Crippen molar-refractivity contribution < 1.29 is 22.7 Å². The molecule has 0 saturated heterocycles. The average molecular weight is 421 g/mol. The molecule has 0 aliphatic rings. The summed E-state index contributed by atoms with van der Waals surface area (Å²) < 4.78 is 38.2. The predicted molar refractivity (Wildman–Crippen MR) is 113 cm³/mol. The van der Waals surface area contributed by atoms with Gasteiger partial charge in [0.1, 0.15) is 6.54 Å². The van der Waals surface area contributed by atoms with Crippen molar-refractivity contribution in [3.63, 3.8) is 0 Å². The molecular formula is C21H28N2O5S. The summed E-state index contributed by atoms with van der Waals surface area (Å²) in [5.41, 5.74) is 0.304. The number of methoxy groups -OCH3 is 2. The highest BCUT2D eigenvalue weighted by Crippen LogP contribution is 2.33. The minimum Gasteiger partial charge on any atom is -0.493 e. The van der Waals surface area contributed by atoms with Gasteiger partial charge in [-0.25, -0.2) is 8.42 Å². The number of hydrogen-bond acceptors (Lipinski definition) is 5. The van der Waals surface area contributed by atoms with Gasteiger partial charge in [0.25, 0.3) is 10.0 Å². The third-order valence-electron chi connectivity index (χ3n) is 4.66. The van der Waals surface area contributed by atoms with Crippen molar-refractivity contribution in [1.82, 2.24) is 5.32 Å². The largest absolute Gasteiger partial charge is 0.493 e. The van der Waals surface area contributed by atoms with E-state index in [1.807, 2.05) is 20.8 Å². The molecule has 0 spiro atoms. The zero-order valence-electron chi connectivity index (χ0n) is 17.4. The van der Waals surface area contributed by atoms with Gasteiger partial charge >= 0.3 is 0 Å². The van der Waals surface area contributed by atoms with Crippen molar-refractivity contribution in [1.29, 1.82) is 0 Å². The molecule has 2 aromatic carbocycles. The fourth-order valence-corrected chi connectivity index (χ4v) is 4.05. The summed E-state index contributed by atoms with van der Waals surface area (Å²) in [6.07, 6.45) is 0. The van der Waals surface area contributed by atoms with Gasteiger partial charge in [-0.1, -0.05) is 32.0 Å². The van der Waals surface area contributed by atoms with E-state index >= 15 is 0 Å². The van der Waals surface area contributed by atoms with E-state index in [2.05, 4.69) is 5.32 Å². The Balaban J connectivity index is 2.47. The zero-order valence-corrected chi connectivity index (χ0v) is 18.2. The number of ether oxygens (including phenoxy) is 2. The summed E-state index contributed by atoms with van der Waals surface area (Å²) in [5, 5.41) is 2.85. The highest BCUT2D eigenvalue weighted by Gasteiger charge is 2.28. The van der Waals surface area contributed by atoms with Crippen LogP contribution in [-0.2, 0) is 14.8 Å². The molecule has 8 heteroatoms. The maximum Gasteiger partial charge on any atom is 0.264 e. The van der Waals surface area contributed by atoms with Crippen LogP contribution in [0, 0.1) is 5.92 Å². The maximum atomic E-state index is 13.3. The Morgan fingerprint density at radius 3 is 2.17 bits per heavy atom. The van der Waals surface area contributed by atoms with E-state index < -0.39 is 10.0 Å². The first-order valence-electron chi connectivity index (χ1n) is 9.30. The van der Waals surface area contributed by atoms with Gasteiger partial charge < -0.3 is 14.8 Å². The highest BCUT2D eigenvalue weighted by atomic mass is 32.2. The van der Waals surface area contributed by atoms with Crippen LogP contribution in [-0.4, -0.2) is 41.1 Å². The lowest BCUT2D eigenvalue weighted by Crippen LogP contribution is -2.45. The molecule has 0 heterocycles. The lowest BCUT2D eigenvalue weighted by atomic mass is 10.1. The normalized spacial score (nSPS) is 12.3. The minimum atomic E-state index is -3.97. The van der Waals surface area contributed by atoms with Crippen LogP contribution in [0.3, 0.4) is 0 Å². The molecule has 1 amide bonds. The summed E-state index contributed by atoms with van der Waals surface area (Å²) in [7, 11) is -1.01. The molecule has 0 bridgehead atoms. The summed E-state index contributed by atoms with van der Waals surface area (Å²) in [6.45, 7) is 5.49. The van der Waals surface area contributed by atoms with Gasteiger partial charge in [0.2, 0.25) is 5.91 Å². The molecule has 0 aromatic heterocycles. The summed E-state index contributed by atoms with van der Waals surface area (Å²) in [4.78, 5) is 12.7. The number of nitrogens with zero attached hydrogens (tertiary/aromatic N) is 1. The fraction of sp³-hybridized carbons (Fsp3) is 0.381. The van der Waals surface area contributed by atoms with Gasteiger partial charge in [-0.3, -0.25) is 9.10 Å². The van der Waals surface area contributed by atoms with Crippen LogP contribution >= 0.6 is 0 Å². The number of rotatable bonds is 9. The Morgan fingerprint density at radius 2 is 1.62 bits per heavy atom. The van der Waals surface area contributed by atoms with Gasteiger partial charge in [-0.15, -0.1) is 0 Å². The standard InChI is InChI=1S/C21H28N2O5S/c1-15(2)16(3)22-21(24)14-23(29(25,26)18-9-7-6-8-10-18)17-11-12-19(27-4)20(13-17)28-5/h6-13,15-16H,14H2,1-5H3,(H,22,24). The second-order valence-electron chi connectivity index (χ2n) is 6.96. The number of amides is 1. The van der Waals surface area contributed by atoms with Crippen molar-refractivity contribution in [3.8, 4) is 11.5 Å². The number of carbonyl (C=O) groups is 1. The van der Waals surface area contributed by atoms with Gasteiger partial charge in [0, 0.05) is 12.1 Å². The van der Waals surface area contributed by atoms with Crippen molar-refractivity contribution in [3.05, 3.63) is 48.5 Å². The Bertz CT molecular complexity index is 929. The second-order valence-corrected chi connectivity index (χ2v) is 8.83. The van der Waals surface area contributed by atoms with E-state index in [0.717, 1.165) is 4.31 Å². The van der Waals surface area contributed by atoms with Crippen molar-refractivity contribution >= 4 is 21.6 Å². The van der Waals surface area contributed by atoms with E-state index in [1.54, 1.807) is 36.4 Å². The first kappa shape index (κ1) is 22.5. The van der Waals surface area contributed by atoms with E-state index in [-0.39, 0.29) is 29.3 Å². The van der Waals surface area contributed by atoms with E-state index in [1.165, 1.54) is 26.4 Å². The number of anilines is 1. The monoisotopic (exact) mass is 420 g/mol. The number of carbonyl (C=O) groups excluding carboxylic acids is 1. The molecule has 0 fully saturated rings. The number of sulfonamides is 1. The summed E-state index contributed by atoms with van der Waals surface area (Å²) >= 11 is 0. The minimum absolute atomic E-state index is 0.0887. The Hall–Kier alpha value is -2.74. The second kappa shape index (κ2) is 9.65. The van der Waals surface area contributed by atoms with E-state index in [9.17, 15) is 13.2 Å². The predicted octanol–water partition coefficient (Wildman–Crippen LogP) is 3.06. The molecular weight excluding hydrogens is 392 g/mol. The number of hydrogen-bond donors (Lipinski definition) is 1. The fourth-order valence-electron chi connectivity index (χ4n) is 2.61. The van der Waals surface area contributed by atoms with Crippen LogP contribution in [0.25, 0.3) is 0 Å². The Kier molecular flexibility index (Phi) is 7.50. The highest BCUT2D eigenvalue weighted by molar-refractivity contribution is 7.92. The topological polar surface area (TPSA) is 84.9 Å². The summed E-state index contributed by atoms with van der Waals surface area (Å²) in [5.74, 6) is 0.667. The van der Waals surface area contributed by atoms with Gasteiger partial charge in [-0.2, -0.15) is 0 Å². The molecule has 7 nitrogen and oxygen atoms in total. The molecule has 1 unspecified atom stereocenters. The SMILES string of the molecule is COc1ccc(N(CC(=O)NC(C)C(C)C)S(=O)(=O)c2ccccc2)cc1OC. The van der Waals surface area contributed by atoms with Crippen LogP contribution in [0.15, 0.2) is 53.4 Å². The molecule has 158 valence electrons. The quantitative estimate of drug-likeness (QED) is 0.674. The molecule has 2 aromatic rings. The molecule has 0 aliphatic heterocycles. The maximum absolute atomic E-state index is 13.3. The van der Waals surface area contributed by atoms with Crippen molar-refractivity contribution in [2.45, 2.75) is 31.7 Å². The third kappa shape index (κ3) is 5.41. The molecule has 0 aliphatic carbocycles. The van der Waals surface area contributed by atoms with E-state index in [4.69, 9.17) is 9.47 Å². The van der Waals surface area contributed by atoms with Gasteiger partial charge in [-0.05, 0) is 37.1 Å². The Morgan fingerprint density at radius 1 is 1.00 bits per heavy atom. The lowest BCUT2D eigenvalue weighted by molar-refractivity contribution is -0.120. The van der Waals surface area contributed by atoms with Crippen LogP contribution in [0.1, 0.15) is 20.8 Å². The van der Waals surface area contributed by atoms with Gasteiger partial charge in [0.05, 0.1) is 24.8 Å². The van der Waals surface area contributed by atoms with Crippen LogP contribution < -0.4 is 19.1 Å². The third-order valence-corrected chi connectivity index (χ3v) is 6.45. The van der Waals surface area contributed by atoms with Crippen LogP contribution in [0.5, 0.6) is 11.5 Å². The average Bonchev–Trinajstić information content (AvgIpc) is 2.71. The van der Waals surface area contributed by atoms with Crippen LogP contribution in [0.4, 0.5) is 5.69 Å². The number of benzene rings is 2. The molecule has 29 heavy (non-hydrogen) atoms. The lowest BCUT2D eigenvalue weighted by Gasteiger charge is -2.26. The summed E-state index contributed by atoms with van der Waals surface area (Å²) in [6, 6.07) is 12.7. The first-order chi connectivity index (χ1) is 13.7. The van der Waals surface area contributed by atoms with Crippen molar-refractivity contribution in [2.75, 3.05) is 25.1 Å². The van der Waals surface area contributed by atoms with E-state index in [0.29, 0.717) is 17.2 Å². The Labute approximate surface area is 172 Å². The molecule has 0 saturated carbocycles. The van der Waals surface area contributed by atoms with Gasteiger partial charge in [0.15, 0.2) is 11.5 Å². The molecule has 1 atom stereocenters. The zero-order chi connectivity index (χ0) is 21.6. The molecule has 2 rings (SSSR count). The molecule has 1 N–H and O–H groups in total. The number of nitrogens with one attached hydrogen (secondary N) is 1. The first-order valence-corrected chi connectivity index (χ1v) is 10.7.